The molecule has 5 rings (SSSR count). The second kappa shape index (κ2) is 10.9. The van der Waals surface area contributed by atoms with Crippen molar-refractivity contribution >= 4 is 56.2 Å². The number of benzene rings is 5. The number of nitrogens with zero attached hydrogens (tertiary/aromatic N) is 1. The first-order valence-corrected chi connectivity index (χ1v) is 14.2. The number of halogens is 1. The highest BCUT2D eigenvalue weighted by Crippen LogP contribution is 2.49. The van der Waals surface area contributed by atoms with Gasteiger partial charge in [-0.1, -0.05) is 115 Å². The normalized spacial score (nSPS) is 11.0. The average Bonchev–Trinajstić information content (AvgIpc) is 2.94. The second-order valence-electron chi connectivity index (χ2n) is 8.19. The van der Waals surface area contributed by atoms with Crippen molar-refractivity contribution < 1.29 is 4.79 Å². The molecular formula is C31H24BrN2OP. The summed E-state index contributed by atoms with van der Waals surface area (Å²) >= 11 is 3.52. The number of rotatable bonds is 6. The van der Waals surface area contributed by atoms with E-state index in [9.17, 15) is 4.79 Å². The molecule has 36 heavy (non-hydrogen) atoms. The zero-order valence-corrected chi connectivity index (χ0v) is 21.9. The lowest BCUT2D eigenvalue weighted by atomic mass is 10.1. The quantitative estimate of drug-likeness (QED) is 0.218. The highest BCUT2D eigenvalue weighted by atomic mass is 79.9. The summed E-state index contributed by atoms with van der Waals surface area (Å²) in [5.74, 6) is -0.200. The first kappa shape index (κ1) is 24.0. The third kappa shape index (κ3) is 4.83. The minimum Gasteiger partial charge on any atom is -0.321 e. The maximum Gasteiger partial charge on any atom is 0.257 e. The second-order valence-corrected chi connectivity index (χ2v) is 12.1. The molecule has 176 valence electrons. The van der Waals surface area contributed by atoms with E-state index >= 15 is 0 Å². The fourth-order valence-corrected chi connectivity index (χ4v) is 8.15. The highest BCUT2D eigenvalue weighted by Gasteiger charge is 2.28. The van der Waals surface area contributed by atoms with E-state index < -0.39 is 7.05 Å². The molecule has 1 N–H and O–H groups in total. The van der Waals surface area contributed by atoms with Crippen molar-refractivity contribution in [3.05, 3.63) is 150 Å². The van der Waals surface area contributed by atoms with E-state index in [4.69, 9.17) is 4.74 Å². The molecule has 0 saturated heterocycles. The molecular weight excluding hydrogens is 527 g/mol. The molecule has 0 aromatic heterocycles. The standard InChI is InChI=1S/C31H24BrN2OP/c32-28-21-11-13-23-30(28)33-31(35)27-20-10-12-22-29(27)34-36(24-14-4-1-5-15-24,25-16-6-2-7-17-25)26-18-8-3-9-19-26/h1-23H,(H,33,35). The lowest BCUT2D eigenvalue weighted by molar-refractivity contribution is 0.102. The molecule has 0 spiro atoms. The van der Waals surface area contributed by atoms with Gasteiger partial charge in [0.2, 0.25) is 0 Å². The summed E-state index contributed by atoms with van der Waals surface area (Å²) in [6.07, 6.45) is 0. The van der Waals surface area contributed by atoms with E-state index in [-0.39, 0.29) is 5.91 Å². The van der Waals surface area contributed by atoms with Crippen LogP contribution in [0.2, 0.25) is 0 Å². The van der Waals surface area contributed by atoms with Gasteiger partial charge in [-0.2, -0.15) is 0 Å². The molecule has 0 aliphatic heterocycles. The molecule has 0 bridgehead atoms. The van der Waals surface area contributed by atoms with Crippen LogP contribution in [-0.2, 0) is 0 Å². The van der Waals surface area contributed by atoms with Crippen molar-refractivity contribution in [3.63, 3.8) is 0 Å². The van der Waals surface area contributed by atoms with Crippen molar-refractivity contribution in [2.75, 3.05) is 5.32 Å². The molecule has 0 aliphatic rings. The molecule has 5 aromatic carbocycles. The summed E-state index contributed by atoms with van der Waals surface area (Å²) in [5.41, 5.74) is 1.90. The van der Waals surface area contributed by atoms with Crippen LogP contribution in [0.1, 0.15) is 10.4 Å². The predicted octanol–water partition coefficient (Wildman–Crippen LogP) is 7.51. The summed E-state index contributed by atoms with van der Waals surface area (Å²) in [4.78, 5) is 13.5. The molecule has 0 unspecified atom stereocenters. The lowest BCUT2D eigenvalue weighted by Gasteiger charge is -2.27. The summed E-state index contributed by atoms with van der Waals surface area (Å²) < 4.78 is 6.35. The van der Waals surface area contributed by atoms with Crippen LogP contribution in [0.5, 0.6) is 0 Å². The van der Waals surface area contributed by atoms with E-state index in [1.54, 1.807) is 0 Å². The highest BCUT2D eigenvalue weighted by molar-refractivity contribution is 9.10. The Morgan fingerprint density at radius 3 is 1.56 bits per heavy atom. The number of hydrogen-bond donors (Lipinski definition) is 1. The third-order valence-corrected chi connectivity index (χ3v) is 10.3. The summed E-state index contributed by atoms with van der Waals surface area (Å²) in [6, 6.07) is 46.4. The zero-order valence-electron chi connectivity index (χ0n) is 19.5. The van der Waals surface area contributed by atoms with Gasteiger partial charge in [0.05, 0.1) is 24.0 Å². The van der Waals surface area contributed by atoms with Crippen LogP contribution in [0, 0.1) is 0 Å². The topological polar surface area (TPSA) is 41.5 Å². The molecule has 0 saturated carbocycles. The van der Waals surface area contributed by atoms with E-state index in [0.717, 1.165) is 20.4 Å². The van der Waals surface area contributed by atoms with Gasteiger partial charge in [-0.15, -0.1) is 0 Å². The third-order valence-electron chi connectivity index (χ3n) is 5.92. The molecule has 0 aliphatic carbocycles. The Hall–Kier alpha value is -3.72. The zero-order chi connectivity index (χ0) is 24.8. The maximum absolute atomic E-state index is 13.5. The van der Waals surface area contributed by atoms with Gasteiger partial charge >= 0.3 is 0 Å². The monoisotopic (exact) mass is 550 g/mol. The molecule has 5 aromatic rings. The van der Waals surface area contributed by atoms with Crippen molar-refractivity contribution in [1.29, 1.82) is 0 Å². The van der Waals surface area contributed by atoms with Crippen molar-refractivity contribution in [2.45, 2.75) is 0 Å². The van der Waals surface area contributed by atoms with Crippen LogP contribution in [0.4, 0.5) is 11.4 Å². The van der Waals surface area contributed by atoms with Crippen molar-refractivity contribution in [1.82, 2.24) is 0 Å². The summed E-state index contributed by atoms with van der Waals surface area (Å²) in [5, 5.41) is 6.42. The van der Waals surface area contributed by atoms with Gasteiger partial charge in [0.1, 0.15) is 0 Å². The summed E-state index contributed by atoms with van der Waals surface area (Å²) in [6.45, 7) is 0. The molecule has 5 heteroatoms. The number of carbonyl (C=O) groups excluding carboxylic acids is 1. The summed E-state index contributed by atoms with van der Waals surface area (Å²) in [7, 11) is -2.50. The van der Waals surface area contributed by atoms with Gasteiger partial charge in [-0.05, 0) is 40.2 Å². The van der Waals surface area contributed by atoms with Crippen molar-refractivity contribution in [3.8, 4) is 0 Å². The SMILES string of the molecule is O=C(Nc1ccccc1Br)c1ccccc1N=P(c1ccccc1)(c1ccccc1)c1ccccc1. The van der Waals surface area contributed by atoms with Crippen LogP contribution in [0.3, 0.4) is 0 Å². The fourth-order valence-electron chi connectivity index (χ4n) is 4.22. The number of anilines is 1. The minimum absolute atomic E-state index is 0.200. The van der Waals surface area contributed by atoms with Crippen LogP contribution < -0.4 is 21.2 Å². The Morgan fingerprint density at radius 2 is 1.03 bits per heavy atom. The molecule has 0 fully saturated rings. The van der Waals surface area contributed by atoms with E-state index in [1.807, 2.05) is 66.7 Å². The van der Waals surface area contributed by atoms with Gasteiger partial charge in [0.25, 0.3) is 5.91 Å². The van der Waals surface area contributed by atoms with Gasteiger partial charge in [-0.25, -0.2) is 0 Å². The Morgan fingerprint density at radius 1 is 0.583 bits per heavy atom. The van der Waals surface area contributed by atoms with E-state index in [0.29, 0.717) is 16.9 Å². The number of hydrogen-bond acceptors (Lipinski definition) is 2. The Bertz CT molecular complexity index is 1430. The van der Waals surface area contributed by atoms with Crippen LogP contribution >= 0.6 is 23.0 Å². The van der Waals surface area contributed by atoms with Gasteiger partial charge in [0, 0.05) is 20.4 Å². The van der Waals surface area contributed by atoms with Gasteiger partial charge < -0.3 is 5.32 Å². The average molecular weight is 551 g/mol. The van der Waals surface area contributed by atoms with E-state index in [2.05, 4.69) is 94.0 Å². The number of amides is 1. The molecule has 1 amide bonds. The van der Waals surface area contributed by atoms with Gasteiger partial charge in [0.15, 0.2) is 0 Å². The Labute approximate surface area is 220 Å². The predicted molar refractivity (Wildman–Crippen MR) is 156 cm³/mol. The Kier molecular flexibility index (Phi) is 7.27. The lowest BCUT2D eigenvalue weighted by Crippen LogP contribution is -2.25. The first-order chi connectivity index (χ1) is 17.7. The van der Waals surface area contributed by atoms with Crippen LogP contribution in [-0.4, -0.2) is 5.91 Å². The first-order valence-electron chi connectivity index (χ1n) is 11.6. The molecule has 0 heterocycles. The Balaban J connectivity index is 1.77. The van der Waals surface area contributed by atoms with Crippen LogP contribution in [0.15, 0.2) is 149 Å². The molecule has 3 nitrogen and oxygen atoms in total. The largest absolute Gasteiger partial charge is 0.321 e. The molecule has 0 atom stereocenters. The number of nitrogens with one attached hydrogen (secondary N) is 1. The number of para-hydroxylation sites is 1. The van der Waals surface area contributed by atoms with Crippen LogP contribution in [0.25, 0.3) is 0 Å². The minimum atomic E-state index is -2.50. The van der Waals surface area contributed by atoms with Gasteiger partial charge in [-0.3, -0.25) is 9.54 Å². The van der Waals surface area contributed by atoms with E-state index in [1.165, 1.54) is 0 Å². The van der Waals surface area contributed by atoms with Crippen molar-refractivity contribution in [2.24, 2.45) is 4.74 Å². The smallest absolute Gasteiger partial charge is 0.257 e. The maximum atomic E-state index is 13.5. The molecule has 0 radical (unpaired) electrons. The fraction of sp³-hybridized carbons (Fsp3) is 0. The number of carbonyl (C=O) groups is 1.